The summed E-state index contributed by atoms with van der Waals surface area (Å²) in [6, 6.07) is 15.8. The van der Waals surface area contributed by atoms with Gasteiger partial charge in [-0.3, -0.25) is 14.4 Å². The van der Waals surface area contributed by atoms with Crippen LogP contribution in [0.4, 0.5) is 0 Å². The Hall–Kier alpha value is -3.68. The van der Waals surface area contributed by atoms with Crippen molar-refractivity contribution in [2.45, 2.75) is 43.8 Å². The van der Waals surface area contributed by atoms with E-state index in [-0.39, 0.29) is 18.7 Å². The van der Waals surface area contributed by atoms with E-state index in [1.807, 2.05) is 60.7 Å². The highest BCUT2D eigenvalue weighted by Gasteiger charge is 2.35. The fourth-order valence-electron chi connectivity index (χ4n) is 3.46. The smallest absolute Gasteiger partial charge is 0.326 e. The van der Waals surface area contributed by atoms with Crippen molar-refractivity contribution in [2.75, 3.05) is 0 Å². The number of hydrogen-bond donors (Lipinski definition) is 4. The van der Waals surface area contributed by atoms with Gasteiger partial charge in [-0.05, 0) is 24.0 Å². The van der Waals surface area contributed by atoms with E-state index < -0.39 is 35.9 Å². The molecule has 0 spiro atoms. The van der Waals surface area contributed by atoms with Crippen LogP contribution < -0.4 is 16.0 Å². The minimum Gasteiger partial charge on any atom is -0.480 e. The van der Waals surface area contributed by atoms with Crippen LogP contribution in [0.1, 0.15) is 24.0 Å². The first kappa shape index (κ1) is 22.0. The van der Waals surface area contributed by atoms with Gasteiger partial charge in [0.1, 0.15) is 18.1 Å². The summed E-state index contributed by atoms with van der Waals surface area (Å²) in [7, 11) is 0. The van der Waals surface area contributed by atoms with Gasteiger partial charge in [-0.2, -0.15) is 0 Å². The summed E-state index contributed by atoms with van der Waals surface area (Å²) in [4.78, 5) is 48.6. The van der Waals surface area contributed by atoms with Crippen LogP contribution in [0, 0.1) is 0 Å². The summed E-state index contributed by atoms with van der Waals surface area (Å²) >= 11 is 0. The highest BCUT2D eigenvalue weighted by Crippen LogP contribution is 2.10. The van der Waals surface area contributed by atoms with Gasteiger partial charge in [0.15, 0.2) is 0 Å². The van der Waals surface area contributed by atoms with Crippen molar-refractivity contribution in [3.8, 4) is 0 Å². The predicted molar refractivity (Wildman–Crippen MR) is 113 cm³/mol. The third kappa shape index (κ3) is 6.40. The number of carboxylic acid groups (broad SMARTS) is 1. The average Bonchev–Trinajstić information content (AvgIpc) is 2.76. The van der Waals surface area contributed by atoms with Crippen LogP contribution in [0.3, 0.4) is 0 Å². The fourth-order valence-corrected chi connectivity index (χ4v) is 3.46. The third-order valence-corrected chi connectivity index (χ3v) is 5.14. The first-order valence-electron chi connectivity index (χ1n) is 10.1. The summed E-state index contributed by atoms with van der Waals surface area (Å²) in [6.07, 6.45) is 0.718. The minimum absolute atomic E-state index is 0.216. The highest BCUT2D eigenvalue weighted by atomic mass is 16.4. The van der Waals surface area contributed by atoms with Gasteiger partial charge in [0.25, 0.3) is 0 Å². The van der Waals surface area contributed by atoms with Gasteiger partial charge in [-0.25, -0.2) is 4.79 Å². The lowest BCUT2D eigenvalue weighted by atomic mass is 10.0. The van der Waals surface area contributed by atoms with Gasteiger partial charge >= 0.3 is 5.97 Å². The number of piperazine rings is 1. The number of carbonyl (C=O) groups excluding carboxylic acids is 3. The Morgan fingerprint density at radius 3 is 2.03 bits per heavy atom. The second-order valence-corrected chi connectivity index (χ2v) is 7.50. The Morgan fingerprint density at radius 1 is 0.871 bits per heavy atom. The van der Waals surface area contributed by atoms with Crippen LogP contribution in [0.25, 0.3) is 0 Å². The Kier molecular flexibility index (Phi) is 7.37. The molecule has 1 heterocycles. The van der Waals surface area contributed by atoms with E-state index in [0.717, 1.165) is 11.1 Å². The molecular weight excluding hydrogens is 398 g/mol. The Morgan fingerprint density at radius 2 is 1.42 bits per heavy atom. The van der Waals surface area contributed by atoms with E-state index in [9.17, 15) is 24.3 Å². The zero-order valence-electron chi connectivity index (χ0n) is 16.9. The monoisotopic (exact) mass is 423 g/mol. The van der Waals surface area contributed by atoms with E-state index in [1.54, 1.807) is 0 Å². The Bertz CT molecular complexity index is 933. The number of carbonyl (C=O) groups is 4. The van der Waals surface area contributed by atoms with Crippen LogP contribution in [0.5, 0.6) is 0 Å². The predicted octanol–water partition coefficient (Wildman–Crippen LogP) is 0.805. The van der Waals surface area contributed by atoms with Crippen molar-refractivity contribution in [1.82, 2.24) is 16.0 Å². The normalized spacial score (nSPS) is 19.1. The van der Waals surface area contributed by atoms with E-state index in [4.69, 9.17) is 0 Å². The van der Waals surface area contributed by atoms with Crippen molar-refractivity contribution in [2.24, 2.45) is 0 Å². The molecule has 0 aliphatic carbocycles. The fraction of sp³-hybridized carbons (Fsp3) is 0.304. The maximum atomic E-state index is 12.4. The number of nitrogens with one attached hydrogen (secondary N) is 3. The molecule has 3 rings (SSSR count). The molecule has 0 aromatic heterocycles. The van der Waals surface area contributed by atoms with Crippen molar-refractivity contribution in [3.63, 3.8) is 0 Å². The number of rotatable bonds is 9. The molecule has 0 radical (unpaired) electrons. The molecule has 8 nitrogen and oxygen atoms in total. The van der Waals surface area contributed by atoms with Crippen molar-refractivity contribution in [1.29, 1.82) is 0 Å². The first-order valence-corrected chi connectivity index (χ1v) is 10.1. The SMILES string of the molecule is O=C(C[C@@H]1NC(=O)[C@H](Cc2ccccc2)NC1=O)N[C@@H](CCc1ccccc1)C(=O)O. The third-order valence-electron chi connectivity index (χ3n) is 5.14. The molecule has 0 saturated carbocycles. The number of carboxylic acids is 1. The van der Waals surface area contributed by atoms with Gasteiger partial charge in [0, 0.05) is 6.42 Å². The maximum absolute atomic E-state index is 12.4. The van der Waals surface area contributed by atoms with Gasteiger partial charge < -0.3 is 21.1 Å². The number of aryl methyl sites for hydroxylation is 1. The molecule has 31 heavy (non-hydrogen) atoms. The maximum Gasteiger partial charge on any atom is 0.326 e. The van der Waals surface area contributed by atoms with Gasteiger partial charge in [0.2, 0.25) is 17.7 Å². The summed E-state index contributed by atoms with van der Waals surface area (Å²) in [5.74, 6) is -2.60. The van der Waals surface area contributed by atoms with E-state index in [1.165, 1.54) is 0 Å². The second kappa shape index (κ2) is 10.4. The van der Waals surface area contributed by atoms with Crippen LogP contribution in [-0.4, -0.2) is 46.9 Å². The molecular formula is C23H25N3O5. The molecule has 0 bridgehead atoms. The van der Waals surface area contributed by atoms with Gasteiger partial charge in [-0.15, -0.1) is 0 Å². The molecule has 4 N–H and O–H groups in total. The lowest BCUT2D eigenvalue weighted by Crippen LogP contribution is -2.63. The Balaban J connectivity index is 1.51. The number of benzene rings is 2. The molecule has 8 heteroatoms. The van der Waals surface area contributed by atoms with Crippen molar-refractivity contribution in [3.05, 3.63) is 71.8 Å². The van der Waals surface area contributed by atoms with Gasteiger partial charge in [-0.1, -0.05) is 60.7 Å². The molecule has 1 fully saturated rings. The van der Waals surface area contributed by atoms with Gasteiger partial charge in [0.05, 0.1) is 6.42 Å². The highest BCUT2D eigenvalue weighted by molar-refractivity contribution is 5.99. The van der Waals surface area contributed by atoms with Crippen LogP contribution in [0.2, 0.25) is 0 Å². The summed E-state index contributed by atoms with van der Waals surface area (Å²) in [5, 5.41) is 17.1. The molecule has 0 unspecified atom stereocenters. The zero-order valence-corrected chi connectivity index (χ0v) is 16.9. The lowest BCUT2D eigenvalue weighted by Gasteiger charge is -2.29. The molecule has 2 aromatic carbocycles. The molecule has 1 aliphatic heterocycles. The summed E-state index contributed by atoms with van der Waals surface area (Å²) < 4.78 is 0. The molecule has 162 valence electrons. The summed E-state index contributed by atoms with van der Waals surface area (Å²) in [6.45, 7) is 0. The quantitative estimate of drug-likeness (QED) is 0.475. The number of hydrogen-bond acceptors (Lipinski definition) is 4. The minimum atomic E-state index is -1.15. The first-order chi connectivity index (χ1) is 14.9. The molecule has 3 amide bonds. The van der Waals surface area contributed by atoms with Crippen molar-refractivity contribution < 1.29 is 24.3 Å². The topological polar surface area (TPSA) is 125 Å². The molecule has 1 aliphatic rings. The molecule has 1 saturated heterocycles. The van der Waals surface area contributed by atoms with E-state index in [0.29, 0.717) is 12.8 Å². The van der Waals surface area contributed by atoms with Crippen LogP contribution in [0.15, 0.2) is 60.7 Å². The average molecular weight is 423 g/mol. The zero-order chi connectivity index (χ0) is 22.2. The van der Waals surface area contributed by atoms with E-state index >= 15 is 0 Å². The molecule has 3 atom stereocenters. The van der Waals surface area contributed by atoms with Crippen LogP contribution >= 0.6 is 0 Å². The second-order valence-electron chi connectivity index (χ2n) is 7.50. The number of aliphatic carboxylic acids is 1. The van der Waals surface area contributed by atoms with Crippen molar-refractivity contribution >= 4 is 23.7 Å². The standard InChI is InChI=1S/C23H25N3O5/c27-20(24-17(23(30)31)12-11-15-7-3-1-4-8-15)14-19-22(29)25-18(21(28)26-19)13-16-9-5-2-6-10-16/h1-10,17-19H,11-14H2,(H,24,27)(H,25,29)(H,26,28)(H,30,31)/t17-,18-,19-/m0/s1. The number of amides is 3. The Labute approximate surface area is 180 Å². The largest absolute Gasteiger partial charge is 0.480 e. The summed E-state index contributed by atoms with van der Waals surface area (Å²) in [5.41, 5.74) is 1.87. The van der Waals surface area contributed by atoms with Crippen LogP contribution in [-0.2, 0) is 32.0 Å². The van der Waals surface area contributed by atoms with E-state index in [2.05, 4.69) is 16.0 Å². The lowest BCUT2D eigenvalue weighted by molar-refractivity contribution is -0.143. The molecule has 2 aromatic rings.